The van der Waals surface area contributed by atoms with Gasteiger partial charge < -0.3 is 10.0 Å². The van der Waals surface area contributed by atoms with Crippen molar-refractivity contribution in [2.45, 2.75) is 39.7 Å². The second kappa shape index (κ2) is 6.73. The van der Waals surface area contributed by atoms with Crippen molar-refractivity contribution < 1.29 is 14.7 Å². The zero-order valence-electron chi connectivity index (χ0n) is 11.6. The lowest BCUT2D eigenvalue weighted by molar-refractivity contribution is -0.139. The van der Waals surface area contributed by atoms with Crippen LogP contribution in [0, 0.1) is 5.92 Å². The van der Waals surface area contributed by atoms with Crippen molar-refractivity contribution in [3.8, 4) is 0 Å². The zero-order valence-corrected chi connectivity index (χ0v) is 11.6. The number of likely N-dealkylation sites (tertiary alicyclic amines) is 1. The molecule has 0 aromatic carbocycles. The summed E-state index contributed by atoms with van der Waals surface area (Å²) in [6.07, 6.45) is 2.09. The molecule has 0 aromatic rings. The molecule has 1 heterocycles. The van der Waals surface area contributed by atoms with E-state index in [0.717, 1.165) is 32.5 Å². The van der Waals surface area contributed by atoms with Gasteiger partial charge in [0.25, 0.3) is 0 Å². The number of hydrogen-bond acceptors (Lipinski definition) is 3. The van der Waals surface area contributed by atoms with Gasteiger partial charge in [-0.2, -0.15) is 0 Å². The molecule has 0 aliphatic carbocycles. The summed E-state index contributed by atoms with van der Waals surface area (Å²) in [4.78, 5) is 26.1. The van der Waals surface area contributed by atoms with Crippen molar-refractivity contribution in [2.75, 3.05) is 26.2 Å². The van der Waals surface area contributed by atoms with Gasteiger partial charge >= 0.3 is 5.97 Å². The van der Waals surface area contributed by atoms with Crippen molar-refractivity contribution in [2.24, 2.45) is 5.92 Å². The molecule has 104 valence electrons. The maximum atomic E-state index is 11.5. The van der Waals surface area contributed by atoms with Crippen LogP contribution in [0.2, 0.25) is 0 Å². The highest BCUT2D eigenvalue weighted by atomic mass is 16.4. The van der Waals surface area contributed by atoms with Gasteiger partial charge in [-0.3, -0.25) is 14.5 Å². The molecule has 1 aliphatic rings. The standard InChI is InChI=1S/C13H24N2O3/c1-10(2)15(11(3)16)8-12-5-4-6-14(7-12)9-13(17)18/h10,12H,4-9H2,1-3H3,(H,17,18)/t12-/m0/s1. The maximum Gasteiger partial charge on any atom is 0.317 e. The summed E-state index contributed by atoms with van der Waals surface area (Å²) in [5.74, 6) is -0.285. The molecule has 1 fully saturated rings. The molecule has 0 radical (unpaired) electrons. The smallest absolute Gasteiger partial charge is 0.317 e. The lowest BCUT2D eigenvalue weighted by atomic mass is 9.97. The molecule has 0 aromatic heterocycles. The van der Waals surface area contributed by atoms with Crippen LogP contribution in [0.25, 0.3) is 0 Å². The average molecular weight is 256 g/mol. The predicted octanol–water partition coefficient (Wildman–Crippen LogP) is 1.04. The summed E-state index contributed by atoms with van der Waals surface area (Å²) in [5, 5.41) is 8.80. The summed E-state index contributed by atoms with van der Waals surface area (Å²) in [5.41, 5.74) is 0. The molecule has 0 unspecified atom stereocenters. The number of carboxylic acid groups (broad SMARTS) is 1. The lowest BCUT2D eigenvalue weighted by Crippen LogP contribution is -2.45. The largest absolute Gasteiger partial charge is 0.480 e. The number of nitrogens with zero attached hydrogens (tertiary/aromatic N) is 2. The molecule has 1 amide bonds. The summed E-state index contributed by atoms with van der Waals surface area (Å²) in [6.45, 7) is 8.10. The third-order valence-electron chi connectivity index (χ3n) is 3.44. The molecule has 0 saturated carbocycles. The third-order valence-corrected chi connectivity index (χ3v) is 3.44. The number of carboxylic acids is 1. The Hall–Kier alpha value is -1.10. The third kappa shape index (κ3) is 4.64. The number of carbonyl (C=O) groups is 2. The SMILES string of the molecule is CC(=O)N(C[C@H]1CCCN(CC(=O)O)C1)C(C)C. The fourth-order valence-corrected chi connectivity index (χ4v) is 2.62. The van der Waals surface area contributed by atoms with E-state index < -0.39 is 5.97 Å². The van der Waals surface area contributed by atoms with Crippen LogP contribution in [0.4, 0.5) is 0 Å². The Bertz CT molecular complexity index is 305. The van der Waals surface area contributed by atoms with Crippen LogP contribution >= 0.6 is 0 Å². The minimum absolute atomic E-state index is 0.0976. The van der Waals surface area contributed by atoms with Crippen LogP contribution in [-0.2, 0) is 9.59 Å². The van der Waals surface area contributed by atoms with Gasteiger partial charge in [-0.1, -0.05) is 0 Å². The predicted molar refractivity (Wildman–Crippen MR) is 69.3 cm³/mol. The van der Waals surface area contributed by atoms with Gasteiger partial charge in [0.15, 0.2) is 0 Å². The Morgan fingerprint density at radius 3 is 2.61 bits per heavy atom. The topological polar surface area (TPSA) is 60.9 Å². The van der Waals surface area contributed by atoms with E-state index in [4.69, 9.17) is 5.11 Å². The van der Waals surface area contributed by atoms with Crippen molar-refractivity contribution in [3.63, 3.8) is 0 Å². The Kier molecular flexibility index (Phi) is 5.59. The van der Waals surface area contributed by atoms with E-state index in [1.54, 1.807) is 6.92 Å². The van der Waals surface area contributed by atoms with Gasteiger partial charge in [-0.25, -0.2) is 0 Å². The number of hydrogen-bond donors (Lipinski definition) is 1. The van der Waals surface area contributed by atoms with Crippen LogP contribution in [0.3, 0.4) is 0 Å². The molecule has 18 heavy (non-hydrogen) atoms. The quantitative estimate of drug-likeness (QED) is 0.798. The highest BCUT2D eigenvalue weighted by molar-refractivity contribution is 5.73. The van der Waals surface area contributed by atoms with E-state index in [1.807, 2.05) is 23.6 Å². The first-order valence-corrected chi connectivity index (χ1v) is 6.61. The van der Waals surface area contributed by atoms with E-state index in [2.05, 4.69) is 0 Å². The minimum atomic E-state index is -0.775. The lowest BCUT2D eigenvalue weighted by Gasteiger charge is -2.36. The first-order valence-electron chi connectivity index (χ1n) is 6.61. The Morgan fingerprint density at radius 2 is 2.11 bits per heavy atom. The number of carbonyl (C=O) groups excluding carboxylic acids is 1. The molecule has 0 spiro atoms. The maximum absolute atomic E-state index is 11.5. The molecule has 1 N–H and O–H groups in total. The monoisotopic (exact) mass is 256 g/mol. The highest BCUT2D eigenvalue weighted by Gasteiger charge is 2.25. The van der Waals surface area contributed by atoms with Crippen LogP contribution in [0.5, 0.6) is 0 Å². The second-order valence-electron chi connectivity index (χ2n) is 5.40. The van der Waals surface area contributed by atoms with Gasteiger partial charge in [0.2, 0.25) is 5.91 Å². The van der Waals surface area contributed by atoms with Crippen molar-refractivity contribution in [1.82, 2.24) is 9.80 Å². The first-order chi connectivity index (χ1) is 8.40. The molecule has 1 aliphatic heterocycles. The fraction of sp³-hybridized carbons (Fsp3) is 0.846. The van der Waals surface area contributed by atoms with E-state index in [1.165, 1.54) is 0 Å². The van der Waals surface area contributed by atoms with E-state index in [9.17, 15) is 9.59 Å². The van der Waals surface area contributed by atoms with Crippen LogP contribution < -0.4 is 0 Å². The van der Waals surface area contributed by atoms with Gasteiger partial charge in [-0.05, 0) is 39.2 Å². The number of amides is 1. The van der Waals surface area contributed by atoms with Gasteiger partial charge in [-0.15, -0.1) is 0 Å². The molecular formula is C13H24N2O3. The molecule has 1 saturated heterocycles. The van der Waals surface area contributed by atoms with Crippen molar-refractivity contribution >= 4 is 11.9 Å². The summed E-state index contributed by atoms with van der Waals surface area (Å²) >= 11 is 0. The van der Waals surface area contributed by atoms with Gasteiger partial charge in [0.1, 0.15) is 0 Å². The highest BCUT2D eigenvalue weighted by Crippen LogP contribution is 2.18. The Labute approximate surface area is 109 Å². The van der Waals surface area contributed by atoms with Crippen LogP contribution in [0.15, 0.2) is 0 Å². The first kappa shape index (κ1) is 15.0. The van der Waals surface area contributed by atoms with E-state index in [0.29, 0.717) is 5.92 Å². The van der Waals surface area contributed by atoms with Gasteiger partial charge in [0, 0.05) is 26.1 Å². The summed E-state index contributed by atoms with van der Waals surface area (Å²) in [7, 11) is 0. The van der Waals surface area contributed by atoms with E-state index in [-0.39, 0.29) is 18.5 Å². The minimum Gasteiger partial charge on any atom is -0.480 e. The van der Waals surface area contributed by atoms with E-state index >= 15 is 0 Å². The normalized spacial score (nSPS) is 21.0. The van der Waals surface area contributed by atoms with Crippen LogP contribution in [-0.4, -0.2) is 59.0 Å². The molecule has 0 bridgehead atoms. The number of rotatable bonds is 5. The number of aliphatic carboxylic acids is 1. The Morgan fingerprint density at radius 1 is 1.44 bits per heavy atom. The molecule has 5 nitrogen and oxygen atoms in total. The van der Waals surface area contributed by atoms with Crippen molar-refractivity contribution in [3.05, 3.63) is 0 Å². The summed E-state index contributed by atoms with van der Waals surface area (Å²) in [6, 6.07) is 0.206. The molecular weight excluding hydrogens is 232 g/mol. The molecule has 1 atom stereocenters. The fourth-order valence-electron chi connectivity index (χ4n) is 2.62. The van der Waals surface area contributed by atoms with Gasteiger partial charge in [0.05, 0.1) is 6.54 Å². The number of piperidine rings is 1. The molecule has 5 heteroatoms. The second-order valence-corrected chi connectivity index (χ2v) is 5.40. The average Bonchev–Trinajstić information content (AvgIpc) is 2.24. The van der Waals surface area contributed by atoms with Crippen LogP contribution in [0.1, 0.15) is 33.6 Å². The zero-order chi connectivity index (χ0) is 13.7. The van der Waals surface area contributed by atoms with Crippen molar-refractivity contribution in [1.29, 1.82) is 0 Å². The Balaban J connectivity index is 2.50. The summed E-state index contributed by atoms with van der Waals surface area (Å²) < 4.78 is 0. The molecule has 1 rings (SSSR count).